The average Bonchev–Trinajstić information content (AvgIpc) is 3.11. The van der Waals surface area contributed by atoms with E-state index in [-0.39, 0.29) is 5.91 Å². The van der Waals surface area contributed by atoms with Crippen molar-refractivity contribution < 1.29 is 4.79 Å². The number of carbonyl (C=O) groups is 1. The Labute approximate surface area is 138 Å². The Kier molecular flexibility index (Phi) is 4.52. The number of benzene rings is 1. The van der Waals surface area contributed by atoms with E-state index in [2.05, 4.69) is 27.6 Å². The molecule has 0 aliphatic heterocycles. The van der Waals surface area contributed by atoms with E-state index in [1.54, 1.807) is 4.40 Å². The van der Waals surface area contributed by atoms with Crippen molar-refractivity contribution in [1.82, 2.24) is 14.8 Å². The number of fused-ring (bicyclic) bond motifs is 1. The number of rotatable bonds is 5. The summed E-state index contributed by atoms with van der Waals surface area (Å²) in [5, 5.41) is 6.12. The van der Waals surface area contributed by atoms with Crippen LogP contribution in [-0.4, -0.2) is 21.0 Å². The van der Waals surface area contributed by atoms with Gasteiger partial charge in [-0.05, 0) is 32.3 Å². The van der Waals surface area contributed by atoms with Crippen LogP contribution in [0.5, 0.6) is 0 Å². The molecule has 3 rings (SSSR count). The first-order chi connectivity index (χ1) is 11.1. The molecule has 23 heavy (non-hydrogen) atoms. The summed E-state index contributed by atoms with van der Waals surface area (Å²) < 4.78 is 1.80. The van der Waals surface area contributed by atoms with Gasteiger partial charge < -0.3 is 0 Å². The Hall–Kier alpha value is -2.47. The predicted octanol–water partition coefficient (Wildman–Crippen LogP) is 3.44. The summed E-state index contributed by atoms with van der Waals surface area (Å²) in [5.74, 6) is -0.229. The van der Waals surface area contributed by atoms with Gasteiger partial charge in [0.15, 0.2) is 4.96 Å². The van der Waals surface area contributed by atoms with Gasteiger partial charge in [-0.3, -0.25) is 9.20 Å². The lowest BCUT2D eigenvalue weighted by atomic mass is 10.1. The Balaban J connectivity index is 1.63. The lowest BCUT2D eigenvalue weighted by Crippen LogP contribution is -2.21. The van der Waals surface area contributed by atoms with Crippen molar-refractivity contribution in [2.75, 3.05) is 0 Å². The molecule has 0 saturated carbocycles. The zero-order valence-corrected chi connectivity index (χ0v) is 13.9. The van der Waals surface area contributed by atoms with Gasteiger partial charge in [0, 0.05) is 17.3 Å². The van der Waals surface area contributed by atoms with Crippen LogP contribution in [-0.2, 0) is 6.42 Å². The highest BCUT2D eigenvalue weighted by Crippen LogP contribution is 2.16. The first-order valence-corrected chi connectivity index (χ1v) is 8.32. The smallest absolute Gasteiger partial charge is 0.286 e. The first kappa shape index (κ1) is 15.4. The number of amides is 1. The van der Waals surface area contributed by atoms with Crippen molar-refractivity contribution in [2.45, 2.75) is 26.7 Å². The predicted molar refractivity (Wildman–Crippen MR) is 93.1 cm³/mol. The van der Waals surface area contributed by atoms with Crippen molar-refractivity contribution in [1.29, 1.82) is 0 Å². The molecule has 0 atom stereocenters. The second-order valence-electron chi connectivity index (χ2n) is 5.38. The molecule has 0 bridgehead atoms. The van der Waals surface area contributed by atoms with Crippen molar-refractivity contribution in [2.24, 2.45) is 5.10 Å². The fraction of sp³-hybridized carbons (Fsp3) is 0.235. The summed E-state index contributed by atoms with van der Waals surface area (Å²) in [6.45, 7) is 3.76. The fourth-order valence-electron chi connectivity index (χ4n) is 2.39. The third-order valence-electron chi connectivity index (χ3n) is 3.62. The van der Waals surface area contributed by atoms with Crippen molar-refractivity contribution in [3.05, 3.63) is 58.9 Å². The summed E-state index contributed by atoms with van der Waals surface area (Å²) in [7, 11) is 0. The van der Waals surface area contributed by atoms with Gasteiger partial charge >= 0.3 is 0 Å². The summed E-state index contributed by atoms with van der Waals surface area (Å²) in [6.07, 6.45) is 3.57. The van der Waals surface area contributed by atoms with E-state index < -0.39 is 0 Å². The van der Waals surface area contributed by atoms with Crippen molar-refractivity contribution in [3.63, 3.8) is 0 Å². The molecule has 1 amide bonds. The van der Waals surface area contributed by atoms with Crippen LogP contribution in [0.2, 0.25) is 0 Å². The van der Waals surface area contributed by atoms with Crippen LogP contribution < -0.4 is 5.43 Å². The third kappa shape index (κ3) is 3.48. The third-order valence-corrected chi connectivity index (χ3v) is 4.37. The lowest BCUT2D eigenvalue weighted by Gasteiger charge is -2.03. The number of thiazole rings is 1. The number of carbonyl (C=O) groups excluding carboxylic acids is 1. The minimum atomic E-state index is -0.229. The van der Waals surface area contributed by atoms with Gasteiger partial charge in [0.1, 0.15) is 5.69 Å². The number of aryl methyl sites for hydroxylation is 2. The number of hydrogen-bond acceptors (Lipinski definition) is 4. The lowest BCUT2D eigenvalue weighted by molar-refractivity contribution is 0.0948. The highest BCUT2D eigenvalue weighted by atomic mass is 32.1. The quantitative estimate of drug-likeness (QED) is 0.577. The van der Waals surface area contributed by atoms with Gasteiger partial charge in [-0.2, -0.15) is 5.10 Å². The van der Waals surface area contributed by atoms with Crippen LogP contribution >= 0.6 is 11.3 Å². The normalized spacial score (nSPS) is 11.8. The molecule has 0 aliphatic rings. The van der Waals surface area contributed by atoms with Crippen LogP contribution in [0.3, 0.4) is 0 Å². The molecular weight excluding hydrogens is 308 g/mol. The summed E-state index contributed by atoms with van der Waals surface area (Å²) >= 11 is 1.51. The molecular formula is C17H18N4OS. The van der Waals surface area contributed by atoms with Crippen LogP contribution in [0, 0.1) is 6.92 Å². The van der Waals surface area contributed by atoms with Gasteiger partial charge in [0.25, 0.3) is 5.91 Å². The molecule has 2 heterocycles. The molecule has 0 aliphatic carbocycles. The average molecular weight is 326 g/mol. The molecule has 0 saturated heterocycles. The zero-order valence-electron chi connectivity index (χ0n) is 13.1. The number of imidazole rings is 1. The van der Waals surface area contributed by atoms with Crippen LogP contribution in [0.15, 0.2) is 47.0 Å². The van der Waals surface area contributed by atoms with E-state index in [0.29, 0.717) is 11.4 Å². The van der Waals surface area contributed by atoms with E-state index in [1.807, 2.05) is 43.6 Å². The molecule has 0 spiro atoms. The maximum atomic E-state index is 12.3. The Morgan fingerprint density at radius 1 is 1.35 bits per heavy atom. The van der Waals surface area contributed by atoms with Crippen LogP contribution in [0.25, 0.3) is 4.96 Å². The SMILES string of the molecule is C/C(CCc1ccccc1)=N\NC(=O)c1c(C)nc2sccn12. The minimum Gasteiger partial charge on any atom is -0.286 e. The van der Waals surface area contributed by atoms with Gasteiger partial charge in [-0.25, -0.2) is 10.4 Å². The van der Waals surface area contributed by atoms with Crippen LogP contribution in [0.4, 0.5) is 0 Å². The summed E-state index contributed by atoms with van der Waals surface area (Å²) in [5.41, 5.74) is 6.05. The second-order valence-corrected chi connectivity index (χ2v) is 6.25. The van der Waals surface area contributed by atoms with E-state index >= 15 is 0 Å². The molecule has 0 radical (unpaired) electrons. The largest absolute Gasteiger partial charge is 0.290 e. The second kappa shape index (κ2) is 6.75. The molecule has 0 fully saturated rings. The number of nitrogens with one attached hydrogen (secondary N) is 1. The number of hydrazone groups is 1. The van der Waals surface area contributed by atoms with E-state index in [0.717, 1.165) is 23.5 Å². The standard InChI is InChI=1S/C17H18N4OS/c1-12(8-9-14-6-4-3-5-7-14)19-20-16(22)15-13(2)18-17-21(15)10-11-23-17/h3-7,10-11H,8-9H2,1-2H3,(H,20,22)/b19-12+. The molecule has 1 N–H and O–H groups in total. The van der Waals surface area contributed by atoms with E-state index in [1.165, 1.54) is 16.9 Å². The highest BCUT2D eigenvalue weighted by Gasteiger charge is 2.16. The molecule has 6 heteroatoms. The molecule has 3 aromatic rings. The molecule has 2 aromatic heterocycles. The zero-order chi connectivity index (χ0) is 16.2. The molecule has 1 aromatic carbocycles. The maximum Gasteiger partial charge on any atom is 0.290 e. The first-order valence-electron chi connectivity index (χ1n) is 7.44. The monoisotopic (exact) mass is 326 g/mol. The van der Waals surface area contributed by atoms with Gasteiger partial charge in [-0.15, -0.1) is 11.3 Å². The maximum absolute atomic E-state index is 12.3. The Morgan fingerprint density at radius 3 is 2.91 bits per heavy atom. The van der Waals surface area contributed by atoms with Crippen molar-refractivity contribution in [3.8, 4) is 0 Å². The Morgan fingerprint density at radius 2 is 2.13 bits per heavy atom. The van der Waals surface area contributed by atoms with Gasteiger partial charge in [0.05, 0.1) is 5.69 Å². The van der Waals surface area contributed by atoms with Gasteiger partial charge in [0.2, 0.25) is 0 Å². The van der Waals surface area contributed by atoms with Gasteiger partial charge in [-0.1, -0.05) is 30.3 Å². The fourth-order valence-corrected chi connectivity index (χ4v) is 3.15. The van der Waals surface area contributed by atoms with E-state index in [4.69, 9.17) is 0 Å². The minimum absolute atomic E-state index is 0.229. The molecule has 118 valence electrons. The highest BCUT2D eigenvalue weighted by molar-refractivity contribution is 7.15. The molecule has 5 nitrogen and oxygen atoms in total. The molecule has 0 unspecified atom stereocenters. The van der Waals surface area contributed by atoms with Crippen LogP contribution in [0.1, 0.15) is 35.1 Å². The van der Waals surface area contributed by atoms with Crippen molar-refractivity contribution >= 4 is 27.9 Å². The number of nitrogens with zero attached hydrogens (tertiary/aromatic N) is 3. The number of aromatic nitrogens is 2. The topological polar surface area (TPSA) is 58.8 Å². The Bertz CT molecular complexity index is 848. The summed E-state index contributed by atoms with van der Waals surface area (Å²) in [6, 6.07) is 10.2. The number of hydrogen-bond donors (Lipinski definition) is 1. The van der Waals surface area contributed by atoms with E-state index in [9.17, 15) is 4.79 Å². The summed E-state index contributed by atoms with van der Waals surface area (Å²) in [4.78, 5) is 17.5.